The van der Waals surface area contributed by atoms with Gasteiger partial charge in [0.15, 0.2) is 11.5 Å². The molecule has 0 aliphatic heterocycles. The van der Waals surface area contributed by atoms with Crippen LogP contribution >= 0.6 is 0 Å². The summed E-state index contributed by atoms with van der Waals surface area (Å²) >= 11 is 0. The first-order valence-electron chi connectivity index (χ1n) is 7.96. The zero-order valence-corrected chi connectivity index (χ0v) is 14.2. The van der Waals surface area contributed by atoms with Gasteiger partial charge in [0.2, 0.25) is 0 Å². The highest BCUT2D eigenvalue weighted by Gasteiger charge is 2.12. The Balaban J connectivity index is 1.76. The van der Waals surface area contributed by atoms with Crippen molar-refractivity contribution in [1.29, 1.82) is 0 Å². The van der Waals surface area contributed by atoms with Crippen LogP contribution < -0.4 is 14.8 Å². The zero-order chi connectivity index (χ0) is 18.4. The van der Waals surface area contributed by atoms with Crippen molar-refractivity contribution in [1.82, 2.24) is 4.98 Å². The number of phenolic OH excluding ortho intramolecular Hbond substituents is 1. The molecule has 0 unspecified atom stereocenters. The van der Waals surface area contributed by atoms with Gasteiger partial charge in [-0.05, 0) is 30.3 Å². The molecule has 26 heavy (non-hydrogen) atoms. The average Bonchev–Trinajstić information content (AvgIpc) is 2.67. The normalized spacial score (nSPS) is 10.2. The van der Waals surface area contributed by atoms with Crippen LogP contribution in [0.5, 0.6) is 17.2 Å². The molecule has 1 aromatic heterocycles. The Morgan fingerprint density at radius 3 is 2.69 bits per heavy atom. The Labute approximate surface area is 151 Å². The minimum atomic E-state index is -0.411. The van der Waals surface area contributed by atoms with Gasteiger partial charge in [0.05, 0.1) is 12.7 Å². The number of carbonyl (C=O) groups is 1. The Hall–Kier alpha value is -3.54. The van der Waals surface area contributed by atoms with Crippen molar-refractivity contribution >= 4 is 11.6 Å². The van der Waals surface area contributed by atoms with Gasteiger partial charge in [-0.3, -0.25) is 9.78 Å². The molecule has 0 saturated heterocycles. The smallest absolute Gasteiger partial charge is 0.259 e. The Bertz CT molecular complexity index is 897. The summed E-state index contributed by atoms with van der Waals surface area (Å²) in [5.41, 5.74) is 1.64. The van der Waals surface area contributed by atoms with E-state index in [2.05, 4.69) is 10.3 Å². The summed E-state index contributed by atoms with van der Waals surface area (Å²) in [5.74, 6) is 0.555. The number of pyridine rings is 1. The fourth-order valence-corrected chi connectivity index (χ4v) is 2.38. The predicted octanol–water partition coefficient (Wildman–Crippen LogP) is 3.63. The van der Waals surface area contributed by atoms with Crippen LogP contribution in [0.15, 0.2) is 67.0 Å². The number of aromatic nitrogens is 1. The topological polar surface area (TPSA) is 80.7 Å². The molecule has 6 nitrogen and oxygen atoms in total. The molecule has 3 rings (SSSR count). The number of benzene rings is 2. The van der Waals surface area contributed by atoms with Crippen LogP contribution in [-0.2, 0) is 6.61 Å². The molecule has 2 aromatic carbocycles. The number of methoxy groups -OCH3 is 1. The highest BCUT2D eigenvalue weighted by atomic mass is 16.5. The summed E-state index contributed by atoms with van der Waals surface area (Å²) in [4.78, 5) is 16.4. The number of para-hydroxylation sites is 1. The molecule has 0 atom stereocenters. The molecular weight excluding hydrogens is 332 g/mol. The third-order valence-electron chi connectivity index (χ3n) is 3.69. The van der Waals surface area contributed by atoms with Gasteiger partial charge in [0, 0.05) is 29.7 Å². The summed E-state index contributed by atoms with van der Waals surface area (Å²) in [5, 5.41) is 12.5. The molecule has 6 heteroatoms. The Morgan fingerprint density at radius 1 is 1.12 bits per heavy atom. The van der Waals surface area contributed by atoms with E-state index in [1.54, 1.807) is 55.9 Å². The maximum Gasteiger partial charge on any atom is 0.259 e. The summed E-state index contributed by atoms with van der Waals surface area (Å²) < 4.78 is 11.1. The summed E-state index contributed by atoms with van der Waals surface area (Å²) in [6, 6.07) is 15.2. The summed E-state index contributed by atoms with van der Waals surface area (Å²) in [6.45, 7) is 0.321. The van der Waals surface area contributed by atoms with Crippen LogP contribution in [0.3, 0.4) is 0 Å². The average molecular weight is 350 g/mol. The van der Waals surface area contributed by atoms with Crippen LogP contribution in [0, 0.1) is 0 Å². The number of amides is 1. The van der Waals surface area contributed by atoms with Gasteiger partial charge in [0.1, 0.15) is 12.4 Å². The highest BCUT2D eigenvalue weighted by Crippen LogP contribution is 2.31. The summed E-state index contributed by atoms with van der Waals surface area (Å²) in [6.07, 6.45) is 3.41. The van der Waals surface area contributed by atoms with E-state index in [0.717, 1.165) is 5.56 Å². The van der Waals surface area contributed by atoms with Crippen LogP contribution in [0.1, 0.15) is 15.9 Å². The molecule has 0 bridgehead atoms. The van der Waals surface area contributed by atoms with E-state index < -0.39 is 5.91 Å². The van der Waals surface area contributed by atoms with E-state index in [-0.39, 0.29) is 11.3 Å². The van der Waals surface area contributed by atoms with Gasteiger partial charge >= 0.3 is 0 Å². The number of phenols is 1. The van der Waals surface area contributed by atoms with Crippen molar-refractivity contribution in [3.8, 4) is 17.2 Å². The lowest BCUT2D eigenvalue weighted by atomic mass is 10.2. The minimum Gasteiger partial charge on any atom is -0.507 e. The predicted molar refractivity (Wildman–Crippen MR) is 97.6 cm³/mol. The lowest BCUT2D eigenvalue weighted by molar-refractivity contribution is 0.102. The van der Waals surface area contributed by atoms with Crippen molar-refractivity contribution in [3.05, 3.63) is 78.1 Å². The van der Waals surface area contributed by atoms with Gasteiger partial charge in [0.25, 0.3) is 5.91 Å². The molecule has 2 N–H and O–H groups in total. The van der Waals surface area contributed by atoms with Crippen molar-refractivity contribution in [2.45, 2.75) is 6.61 Å². The van der Waals surface area contributed by atoms with Crippen molar-refractivity contribution < 1.29 is 19.4 Å². The van der Waals surface area contributed by atoms with Gasteiger partial charge in [-0.1, -0.05) is 18.2 Å². The molecule has 0 spiro atoms. The number of ether oxygens (including phenoxy) is 2. The Kier molecular flexibility index (Phi) is 5.34. The molecule has 132 valence electrons. The van der Waals surface area contributed by atoms with E-state index >= 15 is 0 Å². The number of anilines is 1. The number of nitrogens with one attached hydrogen (secondary N) is 1. The van der Waals surface area contributed by atoms with Gasteiger partial charge in [-0.25, -0.2) is 0 Å². The number of hydrogen-bond acceptors (Lipinski definition) is 5. The second kappa shape index (κ2) is 8.02. The molecule has 0 aliphatic carbocycles. The quantitative estimate of drug-likeness (QED) is 0.710. The molecule has 0 radical (unpaired) electrons. The fourth-order valence-electron chi connectivity index (χ4n) is 2.38. The van der Waals surface area contributed by atoms with E-state index in [0.29, 0.717) is 23.8 Å². The standard InChI is InChI=1S/C20H18N2O4/c1-25-18-9-8-15(22-20(24)16-6-2-3-7-17(16)23)11-19(18)26-13-14-5-4-10-21-12-14/h2-12,23H,13H2,1H3,(H,22,24). The highest BCUT2D eigenvalue weighted by molar-refractivity contribution is 6.06. The van der Waals surface area contributed by atoms with E-state index in [1.165, 1.54) is 6.07 Å². The first-order valence-corrected chi connectivity index (χ1v) is 7.96. The van der Waals surface area contributed by atoms with Gasteiger partial charge < -0.3 is 19.9 Å². The van der Waals surface area contributed by atoms with Crippen LogP contribution in [0.25, 0.3) is 0 Å². The van der Waals surface area contributed by atoms with Crippen LogP contribution in [-0.4, -0.2) is 23.1 Å². The van der Waals surface area contributed by atoms with Crippen LogP contribution in [0.2, 0.25) is 0 Å². The molecule has 3 aromatic rings. The summed E-state index contributed by atoms with van der Waals surface area (Å²) in [7, 11) is 1.55. The molecule has 1 heterocycles. The molecular formula is C20H18N2O4. The molecule has 1 amide bonds. The first-order chi connectivity index (χ1) is 12.7. The van der Waals surface area contributed by atoms with E-state index in [1.807, 2.05) is 12.1 Å². The number of rotatable bonds is 6. The maximum atomic E-state index is 12.3. The molecule has 0 fully saturated rings. The van der Waals surface area contributed by atoms with Crippen molar-refractivity contribution in [2.75, 3.05) is 12.4 Å². The lowest BCUT2D eigenvalue weighted by Crippen LogP contribution is -2.12. The second-order valence-corrected chi connectivity index (χ2v) is 5.49. The Morgan fingerprint density at radius 2 is 1.96 bits per heavy atom. The number of hydrogen-bond donors (Lipinski definition) is 2. The van der Waals surface area contributed by atoms with Gasteiger partial charge in [-0.2, -0.15) is 0 Å². The third kappa shape index (κ3) is 4.10. The number of nitrogens with zero attached hydrogens (tertiary/aromatic N) is 1. The third-order valence-corrected chi connectivity index (χ3v) is 3.69. The SMILES string of the molecule is COc1ccc(NC(=O)c2ccccc2O)cc1OCc1cccnc1. The van der Waals surface area contributed by atoms with Gasteiger partial charge in [-0.15, -0.1) is 0 Å². The zero-order valence-electron chi connectivity index (χ0n) is 14.2. The number of aromatic hydroxyl groups is 1. The van der Waals surface area contributed by atoms with E-state index in [4.69, 9.17) is 9.47 Å². The second-order valence-electron chi connectivity index (χ2n) is 5.49. The lowest BCUT2D eigenvalue weighted by Gasteiger charge is -2.13. The largest absolute Gasteiger partial charge is 0.507 e. The van der Waals surface area contributed by atoms with Crippen molar-refractivity contribution in [3.63, 3.8) is 0 Å². The van der Waals surface area contributed by atoms with E-state index in [9.17, 15) is 9.90 Å². The monoisotopic (exact) mass is 350 g/mol. The fraction of sp³-hybridized carbons (Fsp3) is 0.100. The molecule has 0 aliphatic rings. The maximum absolute atomic E-state index is 12.3. The van der Waals surface area contributed by atoms with Crippen LogP contribution in [0.4, 0.5) is 5.69 Å². The molecule has 0 saturated carbocycles. The van der Waals surface area contributed by atoms with Crippen molar-refractivity contribution in [2.24, 2.45) is 0 Å². The number of carbonyl (C=O) groups excluding carboxylic acids is 1. The first kappa shape index (κ1) is 17.3. The minimum absolute atomic E-state index is 0.0773.